The van der Waals surface area contributed by atoms with Crippen LogP contribution in [0.3, 0.4) is 0 Å². The zero-order valence-corrected chi connectivity index (χ0v) is 12.1. The predicted octanol–water partition coefficient (Wildman–Crippen LogP) is 1.67. The molecule has 0 saturated carbocycles. The highest BCUT2D eigenvalue weighted by Crippen LogP contribution is 2.21. The summed E-state index contributed by atoms with van der Waals surface area (Å²) in [5.41, 5.74) is -0.800. The minimum absolute atomic E-state index is 0.0435. The third kappa shape index (κ3) is 2.82. The molecule has 11 heteroatoms. The average Bonchev–Trinajstić information content (AvgIpc) is 2.95. The maximum absolute atomic E-state index is 13.5. The van der Waals surface area contributed by atoms with E-state index in [-0.39, 0.29) is 11.5 Å². The number of para-hydroxylation sites is 1. The van der Waals surface area contributed by atoms with Gasteiger partial charge in [0.25, 0.3) is 21.0 Å². The number of nitrogens with one attached hydrogen (secondary N) is 1. The molecule has 0 bridgehead atoms. The van der Waals surface area contributed by atoms with Gasteiger partial charge in [0.2, 0.25) is 0 Å². The van der Waals surface area contributed by atoms with E-state index in [2.05, 4.69) is 15.1 Å². The number of hydrogen-bond donors (Lipinski definition) is 1. The van der Waals surface area contributed by atoms with E-state index in [9.17, 15) is 21.6 Å². The van der Waals surface area contributed by atoms with Gasteiger partial charge >= 0.3 is 0 Å². The molecule has 1 aromatic carbocycles. The minimum Gasteiger partial charge on any atom is -0.271 e. The molecule has 0 amide bonds. The van der Waals surface area contributed by atoms with Crippen molar-refractivity contribution in [1.82, 2.24) is 19.6 Å². The molecule has 3 aromatic rings. The summed E-state index contributed by atoms with van der Waals surface area (Å²) in [5.74, 6) is -2.33. The first kappa shape index (κ1) is 15.2. The van der Waals surface area contributed by atoms with Gasteiger partial charge in [0.15, 0.2) is 0 Å². The molecule has 0 unspecified atom stereocenters. The Morgan fingerprint density at radius 3 is 2.48 bits per heavy atom. The SMILES string of the molecule is O=S(=O)(Nc1c(F)cccc1F)c1nc2nc(CF)ccn2n1. The molecular weight excluding hydrogens is 335 g/mol. The highest BCUT2D eigenvalue weighted by molar-refractivity contribution is 7.92. The van der Waals surface area contributed by atoms with Gasteiger partial charge in [-0.25, -0.2) is 22.7 Å². The first-order chi connectivity index (χ1) is 10.9. The zero-order valence-electron chi connectivity index (χ0n) is 11.2. The van der Waals surface area contributed by atoms with Crippen LogP contribution in [0.4, 0.5) is 18.9 Å². The number of hydrogen-bond acceptors (Lipinski definition) is 5. The number of fused-ring (bicyclic) bond motifs is 1. The Kier molecular flexibility index (Phi) is 3.64. The van der Waals surface area contributed by atoms with Crippen LogP contribution in [0.1, 0.15) is 5.69 Å². The molecule has 0 spiro atoms. The first-order valence-corrected chi connectivity index (χ1v) is 7.64. The summed E-state index contributed by atoms with van der Waals surface area (Å²) < 4.78 is 66.6. The number of halogens is 3. The molecule has 0 aliphatic rings. The van der Waals surface area contributed by atoms with E-state index in [4.69, 9.17) is 0 Å². The number of aromatic nitrogens is 4. The van der Waals surface area contributed by atoms with Crippen molar-refractivity contribution < 1.29 is 21.6 Å². The number of nitrogens with zero attached hydrogens (tertiary/aromatic N) is 4. The molecule has 23 heavy (non-hydrogen) atoms. The van der Waals surface area contributed by atoms with Crippen LogP contribution in [-0.2, 0) is 16.7 Å². The number of sulfonamides is 1. The van der Waals surface area contributed by atoms with Crippen molar-refractivity contribution in [3.05, 3.63) is 47.8 Å². The maximum atomic E-state index is 13.5. The molecule has 0 fully saturated rings. The Bertz CT molecular complexity index is 969. The maximum Gasteiger partial charge on any atom is 0.299 e. The summed E-state index contributed by atoms with van der Waals surface area (Å²) in [6.45, 7) is -0.857. The van der Waals surface area contributed by atoms with E-state index in [1.165, 1.54) is 12.3 Å². The Balaban J connectivity index is 2.02. The standard InChI is InChI=1S/C12H8F3N5O2S/c13-6-7-4-5-20-11(16-7)17-12(18-20)23(21,22)19-10-8(14)2-1-3-9(10)15/h1-5,19H,6H2. The quantitative estimate of drug-likeness (QED) is 0.778. The molecule has 0 aliphatic heterocycles. The lowest BCUT2D eigenvalue weighted by Gasteiger charge is -2.06. The smallest absolute Gasteiger partial charge is 0.271 e. The summed E-state index contributed by atoms with van der Waals surface area (Å²) in [6, 6.07) is 4.18. The molecule has 1 N–H and O–H groups in total. The second kappa shape index (κ2) is 5.50. The normalized spacial score (nSPS) is 11.8. The van der Waals surface area contributed by atoms with Gasteiger partial charge < -0.3 is 0 Å². The summed E-state index contributed by atoms with van der Waals surface area (Å²) in [6.07, 6.45) is 1.27. The summed E-state index contributed by atoms with van der Waals surface area (Å²) in [4.78, 5) is 7.37. The number of alkyl halides is 1. The molecule has 0 aliphatic carbocycles. The molecule has 0 atom stereocenters. The molecule has 0 radical (unpaired) electrons. The van der Waals surface area contributed by atoms with E-state index >= 15 is 0 Å². The van der Waals surface area contributed by atoms with Crippen molar-refractivity contribution in [2.75, 3.05) is 4.72 Å². The van der Waals surface area contributed by atoms with Crippen molar-refractivity contribution in [2.45, 2.75) is 11.8 Å². The predicted molar refractivity (Wildman–Crippen MR) is 72.8 cm³/mol. The van der Waals surface area contributed by atoms with Gasteiger partial charge in [0, 0.05) is 6.20 Å². The van der Waals surface area contributed by atoms with Crippen LogP contribution >= 0.6 is 0 Å². The molecule has 7 nitrogen and oxygen atoms in total. The van der Waals surface area contributed by atoms with Crippen LogP contribution in [0.5, 0.6) is 0 Å². The summed E-state index contributed by atoms with van der Waals surface area (Å²) in [5, 5.41) is 2.89. The lowest BCUT2D eigenvalue weighted by Crippen LogP contribution is -2.16. The Morgan fingerprint density at radius 1 is 1.13 bits per heavy atom. The van der Waals surface area contributed by atoms with Gasteiger partial charge in [-0.2, -0.15) is 13.4 Å². The van der Waals surface area contributed by atoms with Crippen molar-refractivity contribution in [3.63, 3.8) is 0 Å². The fraction of sp³-hybridized carbons (Fsp3) is 0.0833. The van der Waals surface area contributed by atoms with Gasteiger partial charge in [-0.1, -0.05) is 6.07 Å². The lowest BCUT2D eigenvalue weighted by molar-refractivity contribution is 0.476. The highest BCUT2D eigenvalue weighted by Gasteiger charge is 2.24. The second-order valence-corrected chi connectivity index (χ2v) is 5.97. The van der Waals surface area contributed by atoms with Crippen molar-refractivity contribution in [1.29, 1.82) is 0 Å². The van der Waals surface area contributed by atoms with Crippen LogP contribution in [0.25, 0.3) is 5.78 Å². The Hall–Kier alpha value is -2.69. The molecule has 2 heterocycles. The monoisotopic (exact) mass is 343 g/mol. The minimum atomic E-state index is -4.45. The molecular formula is C12H8F3N5O2S. The molecule has 120 valence electrons. The van der Waals surface area contributed by atoms with Crippen LogP contribution in [0.15, 0.2) is 35.6 Å². The third-order valence-electron chi connectivity index (χ3n) is 2.82. The fourth-order valence-electron chi connectivity index (χ4n) is 1.76. The van der Waals surface area contributed by atoms with Gasteiger partial charge in [0.05, 0.1) is 5.69 Å². The summed E-state index contributed by atoms with van der Waals surface area (Å²) >= 11 is 0. The van der Waals surface area contributed by atoms with Crippen LogP contribution < -0.4 is 4.72 Å². The third-order valence-corrected chi connectivity index (χ3v) is 3.95. The zero-order chi connectivity index (χ0) is 16.6. The number of benzene rings is 1. The fourth-order valence-corrected chi connectivity index (χ4v) is 2.71. The Labute approximate surface area is 127 Å². The molecule has 0 saturated heterocycles. The van der Waals surface area contributed by atoms with Crippen LogP contribution in [-0.4, -0.2) is 28.0 Å². The van der Waals surface area contributed by atoms with E-state index < -0.39 is 39.2 Å². The topological polar surface area (TPSA) is 89.2 Å². The van der Waals surface area contributed by atoms with Crippen molar-refractivity contribution >= 4 is 21.5 Å². The summed E-state index contributed by atoms with van der Waals surface area (Å²) in [7, 11) is -4.45. The first-order valence-electron chi connectivity index (χ1n) is 6.16. The number of anilines is 1. The van der Waals surface area contributed by atoms with E-state index in [0.29, 0.717) is 0 Å². The van der Waals surface area contributed by atoms with Gasteiger partial charge in [-0.05, 0) is 18.2 Å². The van der Waals surface area contributed by atoms with Gasteiger partial charge in [-0.3, -0.25) is 4.72 Å². The van der Waals surface area contributed by atoms with E-state index in [1.54, 1.807) is 4.72 Å². The van der Waals surface area contributed by atoms with E-state index in [1.807, 2.05) is 0 Å². The second-order valence-electron chi connectivity index (χ2n) is 4.39. The van der Waals surface area contributed by atoms with Crippen molar-refractivity contribution in [2.24, 2.45) is 0 Å². The van der Waals surface area contributed by atoms with Gasteiger partial charge in [0.1, 0.15) is 24.0 Å². The lowest BCUT2D eigenvalue weighted by atomic mass is 10.3. The molecule has 3 rings (SSSR count). The van der Waals surface area contributed by atoms with Crippen LogP contribution in [0, 0.1) is 11.6 Å². The highest BCUT2D eigenvalue weighted by atomic mass is 32.2. The molecule has 2 aromatic heterocycles. The number of rotatable bonds is 4. The largest absolute Gasteiger partial charge is 0.299 e. The average molecular weight is 343 g/mol. The van der Waals surface area contributed by atoms with Gasteiger partial charge in [-0.15, -0.1) is 5.10 Å². The van der Waals surface area contributed by atoms with E-state index in [0.717, 1.165) is 22.7 Å². The van der Waals surface area contributed by atoms with Crippen molar-refractivity contribution in [3.8, 4) is 0 Å². The van der Waals surface area contributed by atoms with Crippen LogP contribution in [0.2, 0.25) is 0 Å². The Morgan fingerprint density at radius 2 is 1.83 bits per heavy atom.